The Hall–Kier alpha value is -2.21. The highest BCUT2D eigenvalue weighted by molar-refractivity contribution is 5.90. The van der Waals surface area contributed by atoms with E-state index in [2.05, 4.69) is 20.2 Å². The number of nitrogens with one attached hydrogen (secondary N) is 1. The van der Waals surface area contributed by atoms with Crippen molar-refractivity contribution >= 4 is 22.6 Å². The first-order valence-electron chi connectivity index (χ1n) is 8.64. The van der Waals surface area contributed by atoms with E-state index >= 15 is 0 Å². The Kier molecular flexibility index (Phi) is 4.30. The Morgan fingerprint density at radius 3 is 2.88 bits per heavy atom. The average Bonchev–Trinajstić information content (AvgIpc) is 3.12. The van der Waals surface area contributed by atoms with Gasteiger partial charge in [0, 0.05) is 37.7 Å². The van der Waals surface area contributed by atoms with Gasteiger partial charge in [0.1, 0.15) is 12.1 Å². The lowest BCUT2D eigenvalue weighted by Crippen LogP contribution is -2.42. The molecule has 0 saturated carbocycles. The van der Waals surface area contributed by atoms with Crippen LogP contribution in [0, 0.1) is 5.92 Å². The number of hydrogen-bond donors (Lipinski definition) is 1. The van der Waals surface area contributed by atoms with Gasteiger partial charge in [-0.05, 0) is 31.4 Å². The third kappa shape index (κ3) is 3.06. The standard InChI is InChI=1S/C18H22N4O2/c23-18(21-14-6-9-24-10-7-14)13-5-8-22(11-13)17-15-3-1-2-4-16(15)19-12-20-17/h1-4,12-14H,5-11H2,(H,21,23). The molecule has 1 atom stereocenters. The summed E-state index contributed by atoms with van der Waals surface area (Å²) in [5, 5.41) is 4.24. The van der Waals surface area contributed by atoms with Crippen molar-refractivity contribution in [1.29, 1.82) is 0 Å². The third-order valence-electron chi connectivity index (χ3n) is 4.95. The number of amides is 1. The van der Waals surface area contributed by atoms with Crippen molar-refractivity contribution in [1.82, 2.24) is 15.3 Å². The number of rotatable bonds is 3. The minimum atomic E-state index is 0.0292. The van der Waals surface area contributed by atoms with Gasteiger partial charge in [-0.15, -0.1) is 0 Å². The fourth-order valence-corrected chi connectivity index (χ4v) is 3.57. The van der Waals surface area contributed by atoms with Crippen molar-refractivity contribution in [2.24, 2.45) is 5.92 Å². The second-order valence-electron chi connectivity index (χ2n) is 6.54. The molecule has 4 rings (SSSR count). The highest BCUT2D eigenvalue weighted by atomic mass is 16.5. The Labute approximate surface area is 141 Å². The summed E-state index contributed by atoms with van der Waals surface area (Å²) >= 11 is 0. The predicted molar refractivity (Wildman–Crippen MR) is 91.8 cm³/mol. The number of benzene rings is 1. The molecule has 1 aromatic carbocycles. The van der Waals surface area contributed by atoms with Gasteiger partial charge >= 0.3 is 0 Å². The highest BCUT2D eigenvalue weighted by Gasteiger charge is 2.31. The molecule has 6 nitrogen and oxygen atoms in total. The first-order chi connectivity index (χ1) is 11.8. The van der Waals surface area contributed by atoms with Crippen LogP contribution in [0.5, 0.6) is 0 Å². The van der Waals surface area contributed by atoms with E-state index in [1.54, 1.807) is 6.33 Å². The van der Waals surface area contributed by atoms with Crippen molar-refractivity contribution in [3.05, 3.63) is 30.6 Å². The zero-order chi connectivity index (χ0) is 16.4. The molecule has 2 saturated heterocycles. The predicted octanol–water partition coefficient (Wildman–Crippen LogP) is 1.75. The number of para-hydroxylation sites is 1. The third-order valence-corrected chi connectivity index (χ3v) is 4.95. The van der Waals surface area contributed by atoms with Crippen molar-refractivity contribution in [3.63, 3.8) is 0 Å². The molecule has 24 heavy (non-hydrogen) atoms. The van der Waals surface area contributed by atoms with Crippen LogP contribution in [0.15, 0.2) is 30.6 Å². The Bertz CT molecular complexity index is 725. The van der Waals surface area contributed by atoms with Crippen LogP contribution in [0.25, 0.3) is 10.9 Å². The van der Waals surface area contributed by atoms with Crippen LogP contribution in [-0.4, -0.2) is 48.2 Å². The monoisotopic (exact) mass is 326 g/mol. The number of fused-ring (bicyclic) bond motifs is 1. The molecule has 2 aliphatic rings. The maximum absolute atomic E-state index is 12.5. The van der Waals surface area contributed by atoms with E-state index in [0.717, 1.165) is 62.3 Å². The Morgan fingerprint density at radius 2 is 2.00 bits per heavy atom. The van der Waals surface area contributed by atoms with Gasteiger partial charge in [-0.3, -0.25) is 4.79 Å². The van der Waals surface area contributed by atoms with Gasteiger partial charge < -0.3 is 15.0 Å². The minimum Gasteiger partial charge on any atom is -0.381 e. The molecular formula is C18H22N4O2. The average molecular weight is 326 g/mol. The van der Waals surface area contributed by atoms with E-state index in [-0.39, 0.29) is 17.9 Å². The first-order valence-corrected chi connectivity index (χ1v) is 8.64. The topological polar surface area (TPSA) is 67.3 Å². The molecule has 2 aliphatic heterocycles. The SMILES string of the molecule is O=C(NC1CCOCC1)C1CCN(c2ncnc3ccccc23)C1. The van der Waals surface area contributed by atoms with Crippen molar-refractivity contribution in [2.45, 2.75) is 25.3 Å². The van der Waals surface area contributed by atoms with Gasteiger partial charge in [0.25, 0.3) is 0 Å². The summed E-state index contributed by atoms with van der Waals surface area (Å²) in [5.41, 5.74) is 0.942. The van der Waals surface area contributed by atoms with Gasteiger partial charge in [-0.25, -0.2) is 9.97 Å². The van der Waals surface area contributed by atoms with E-state index in [9.17, 15) is 4.79 Å². The summed E-state index contributed by atoms with van der Waals surface area (Å²) < 4.78 is 5.35. The number of hydrogen-bond acceptors (Lipinski definition) is 5. The summed E-state index contributed by atoms with van der Waals surface area (Å²) in [6.07, 6.45) is 4.30. The number of nitrogens with zero attached hydrogens (tertiary/aromatic N) is 3. The van der Waals surface area contributed by atoms with Crippen LogP contribution in [0.4, 0.5) is 5.82 Å². The van der Waals surface area contributed by atoms with Gasteiger partial charge in [0.15, 0.2) is 0 Å². The van der Waals surface area contributed by atoms with E-state index in [4.69, 9.17) is 4.74 Å². The molecule has 1 amide bonds. The molecule has 0 radical (unpaired) electrons. The van der Waals surface area contributed by atoms with E-state index in [1.165, 1.54) is 0 Å². The molecule has 2 fully saturated rings. The number of aromatic nitrogens is 2. The maximum Gasteiger partial charge on any atom is 0.225 e. The molecule has 0 bridgehead atoms. The van der Waals surface area contributed by atoms with E-state index < -0.39 is 0 Å². The fraction of sp³-hybridized carbons (Fsp3) is 0.500. The van der Waals surface area contributed by atoms with Gasteiger partial charge in [0.2, 0.25) is 5.91 Å². The molecular weight excluding hydrogens is 304 g/mol. The zero-order valence-corrected chi connectivity index (χ0v) is 13.6. The minimum absolute atomic E-state index is 0.0292. The smallest absolute Gasteiger partial charge is 0.225 e. The molecule has 0 aliphatic carbocycles. The maximum atomic E-state index is 12.5. The Balaban J connectivity index is 1.44. The number of carbonyl (C=O) groups is 1. The van der Waals surface area contributed by atoms with E-state index in [1.807, 2.05) is 24.3 Å². The van der Waals surface area contributed by atoms with Crippen LogP contribution in [0.3, 0.4) is 0 Å². The highest BCUT2D eigenvalue weighted by Crippen LogP contribution is 2.28. The molecule has 2 aromatic rings. The zero-order valence-electron chi connectivity index (χ0n) is 13.6. The summed E-state index contributed by atoms with van der Waals surface area (Å²) in [6.45, 7) is 3.06. The fourth-order valence-electron chi connectivity index (χ4n) is 3.57. The quantitative estimate of drug-likeness (QED) is 0.931. The molecule has 1 aromatic heterocycles. The lowest BCUT2D eigenvalue weighted by molar-refractivity contribution is -0.125. The lowest BCUT2D eigenvalue weighted by Gasteiger charge is -2.24. The second kappa shape index (κ2) is 6.73. The molecule has 1 unspecified atom stereocenters. The van der Waals surface area contributed by atoms with Crippen molar-refractivity contribution < 1.29 is 9.53 Å². The molecule has 6 heteroatoms. The normalized spacial score (nSPS) is 22.0. The van der Waals surface area contributed by atoms with Gasteiger partial charge in [0.05, 0.1) is 11.4 Å². The molecule has 0 spiro atoms. The number of ether oxygens (including phenoxy) is 1. The van der Waals surface area contributed by atoms with Crippen molar-refractivity contribution in [2.75, 3.05) is 31.2 Å². The molecule has 1 N–H and O–H groups in total. The largest absolute Gasteiger partial charge is 0.381 e. The Morgan fingerprint density at radius 1 is 1.17 bits per heavy atom. The first kappa shape index (κ1) is 15.3. The molecule has 3 heterocycles. The summed E-state index contributed by atoms with van der Waals surface area (Å²) in [7, 11) is 0. The summed E-state index contributed by atoms with van der Waals surface area (Å²) in [4.78, 5) is 23.5. The van der Waals surface area contributed by atoms with Crippen molar-refractivity contribution in [3.8, 4) is 0 Å². The van der Waals surface area contributed by atoms with Gasteiger partial charge in [-0.1, -0.05) is 12.1 Å². The molecule has 126 valence electrons. The summed E-state index contributed by atoms with van der Waals surface area (Å²) in [5.74, 6) is 1.13. The van der Waals surface area contributed by atoms with Crippen LogP contribution in [-0.2, 0) is 9.53 Å². The lowest BCUT2D eigenvalue weighted by atomic mass is 10.1. The van der Waals surface area contributed by atoms with Crippen LogP contribution >= 0.6 is 0 Å². The van der Waals surface area contributed by atoms with Crippen LogP contribution in [0.2, 0.25) is 0 Å². The van der Waals surface area contributed by atoms with E-state index in [0.29, 0.717) is 0 Å². The number of carbonyl (C=O) groups excluding carboxylic acids is 1. The second-order valence-corrected chi connectivity index (χ2v) is 6.54. The number of anilines is 1. The summed E-state index contributed by atoms with van der Waals surface area (Å²) in [6, 6.07) is 8.28. The van der Waals surface area contributed by atoms with Gasteiger partial charge in [-0.2, -0.15) is 0 Å². The van der Waals surface area contributed by atoms with Crippen LogP contribution < -0.4 is 10.2 Å². The van der Waals surface area contributed by atoms with Crippen LogP contribution in [0.1, 0.15) is 19.3 Å².